The van der Waals surface area contributed by atoms with E-state index in [2.05, 4.69) is 44.3 Å². The molecule has 0 saturated carbocycles. The Balaban J connectivity index is 2.13. The largest absolute Gasteiger partial charge is 0.341 e. The third-order valence-corrected chi connectivity index (χ3v) is 4.21. The molecule has 3 nitrogen and oxygen atoms in total. The molecular formula is C17H26N2O. The van der Waals surface area contributed by atoms with Gasteiger partial charge in [-0.05, 0) is 49.9 Å². The average Bonchev–Trinajstić information content (AvgIpc) is 2.44. The molecule has 1 fully saturated rings. The fourth-order valence-electron chi connectivity index (χ4n) is 2.79. The highest BCUT2D eigenvalue weighted by Crippen LogP contribution is 2.20. The standard InChI is InChI=1S/C17H26N2O/c1-4-18-16(12-19-10-6-5-7-17(19)20)15-9-8-13(2)14(3)11-15/h8-9,11,16,18H,4-7,10,12H2,1-3H3. The topological polar surface area (TPSA) is 32.3 Å². The molecule has 0 radical (unpaired) electrons. The number of carbonyl (C=O) groups excluding carboxylic acids is 1. The SMILES string of the molecule is CCNC(CN1CCCCC1=O)c1ccc(C)c(C)c1. The molecule has 1 heterocycles. The Labute approximate surface area is 122 Å². The predicted molar refractivity (Wildman–Crippen MR) is 82.8 cm³/mol. The first-order chi connectivity index (χ1) is 9.61. The molecule has 1 unspecified atom stereocenters. The van der Waals surface area contributed by atoms with Crippen molar-refractivity contribution in [2.24, 2.45) is 0 Å². The van der Waals surface area contributed by atoms with Crippen LogP contribution in [0.1, 0.15) is 48.9 Å². The molecular weight excluding hydrogens is 248 g/mol. The van der Waals surface area contributed by atoms with Crippen LogP contribution in [0.4, 0.5) is 0 Å². The van der Waals surface area contributed by atoms with Crippen molar-refractivity contribution in [1.29, 1.82) is 0 Å². The van der Waals surface area contributed by atoms with Crippen molar-refractivity contribution in [3.05, 3.63) is 34.9 Å². The van der Waals surface area contributed by atoms with Gasteiger partial charge in [-0.3, -0.25) is 4.79 Å². The summed E-state index contributed by atoms with van der Waals surface area (Å²) in [6, 6.07) is 6.84. The second kappa shape index (κ2) is 6.89. The van der Waals surface area contributed by atoms with Crippen molar-refractivity contribution in [3.8, 4) is 0 Å². The summed E-state index contributed by atoms with van der Waals surface area (Å²) >= 11 is 0. The summed E-state index contributed by atoms with van der Waals surface area (Å²) in [6.07, 6.45) is 2.90. The number of aryl methyl sites for hydroxylation is 2. The van der Waals surface area contributed by atoms with Crippen molar-refractivity contribution in [1.82, 2.24) is 10.2 Å². The van der Waals surface area contributed by atoms with Crippen LogP contribution >= 0.6 is 0 Å². The van der Waals surface area contributed by atoms with Crippen molar-refractivity contribution < 1.29 is 4.79 Å². The van der Waals surface area contributed by atoms with Crippen molar-refractivity contribution in [2.45, 2.75) is 46.1 Å². The molecule has 1 aromatic rings. The smallest absolute Gasteiger partial charge is 0.222 e. The summed E-state index contributed by atoms with van der Waals surface area (Å²) in [5, 5.41) is 3.52. The quantitative estimate of drug-likeness (QED) is 0.895. The van der Waals surface area contributed by atoms with Gasteiger partial charge in [-0.1, -0.05) is 25.1 Å². The van der Waals surface area contributed by atoms with Gasteiger partial charge in [0.1, 0.15) is 0 Å². The number of nitrogens with zero attached hydrogens (tertiary/aromatic N) is 1. The molecule has 110 valence electrons. The number of nitrogens with one attached hydrogen (secondary N) is 1. The summed E-state index contributed by atoms with van der Waals surface area (Å²) in [4.78, 5) is 14.0. The third-order valence-electron chi connectivity index (χ3n) is 4.21. The third kappa shape index (κ3) is 3.60. The molecule has 1 aliphatic heterocycles. The highest BCUT2D eigenvalue weighted by atomic mass is 16.2. The molecule has 0 bridgehead atoms. The summed E-state index contributed by atoms with van der Waals surface area (Å²) in [5.74, 6) is 0.308. The number of likely N-dealkylation sites (tertiary alicyclic amines) is 1. The van der Waals surface area contributed by atoms with Gasteiger partial charge in [0.2, 0.25) is 5.91 Å². The zero-order valence-corrected chi connectivity index (χ0v) is 12.9. The van der Waals surface area contributed by atoms with Crippen molar-refractivity contribution >= 4 is 5.91 Å². The molecule has 2 rings (SSSR count). The predicted octanol–water partition coefficient (Wildman–Crippen LogP) is 2.97. The summed E-state index contributed by atoms with van der Waals surface area (Å²) in [7, 11) is 0. The number of piperidine rings is 1. The van der Waals surface area contributed by atoms with Crippen LogP contribution in [0.5, 0.6) is 0 Å². The van der Waals surface area contributed by atoms with Gasteiger partial charge < -0.3 is 10.2 Å². The van der Waals surface area contributed by atoms with Gasteiger partial charge in [0.25, 0.3) is 0 Å². The molecule has 0 aliphatic carbocycles. The van der Waals surface area contributed by atoms with Crippen molar-refractivity contribution in [2.75, 3.05) is 19.6 Å². The van der Waals surface area contributed by atoms with Gasteiger partial charge in [0, 0.05) is 25.6 Å². The second-order valence-corrected chi connectivity index (χ2v) is 5.75. The van der Waals surface area contributed by atoms with E-state index in [0.717, 1.165) is 32.5 Å². The van der Waals surface area contributed by atoms with E-state index in [1.54, 1.807) is 0 Å². The van der Waals surface area contributed by atoms with E-state index >= 15 is 0 Å². The Kier molecular flexibility index (Phi) is 5.18. The number of hydrogen-bond acceptors (Lipinski definition) is 2. The van der Waals surface area contributed by atoms with Gasteiger partial charge in [-0.15, -0.1) is 0 Å². The van der Waals surface area contributed by atoms with Crippen LogP contribution in [0.25, 0.3) is 0 Å². The van der Waals surface area contributed by atoms with E-state index in [-0.39, 0.29) is 6.04 Å². The molecule has 1 atom stereocenters. The van der Waals surface area contributed by atoms with Crippen LogP contribution in [0.3, 0.4) is 0 Å². The highest BCUT2D eigenvalue weighted by Gasteiger charge is 2.22. The number of amides is 1. The molecule has 3 heteroatoms. The lowest BCUT2D eigenvalue weighted by molar-refractivity contribution is -0.133. The molecule has 20 heavy (non-hydrogen) atoms. The maximum Gasteiger partial charge on any atom is 0.222 e. The molecule has 0 spiro atoms. The van der Waals surface area contributed by atoms with Gasteiger partial charge in [-0.25, -0.2) is 0 Å². The van der Waals surface area contributed by atoms with Gasteiger partial charge in [0.15, 0.2) is 0 Å². The van der Waals surface area contributed by atoms with Crippen LogP contribution in [0.2, 0.25) is 0 Å². The van der Waals surface area contributed by atoms with Crippen LogP contribution in [0.15, 0.2) is 18.2 Å². The number of hydrogen-bond donors (Lipinski definition) is 1. The molecule has 1 aliphatic rings. The maximum absolute atomic E-state index is 12.0. The Morgan fingerprint density at radius 1 is 1.25 bits per heavy atom. The van der Waals surface area contributed by atoms with Gasteiger partial charge >= 0.3 is 0 Å². The Hall–Kier alpha value is -1.35. The number of likely N-dealkylation sites (N-methyl/N-ethyl adjacent to an activating group) is 1. The monoisotopic (exact) mass is 274 g/mol. The van der Waals surface area contributed by atoms with Gasteiger partial charge in [0.05, 0.1) is 0 Å². The van der Waals surface area contributed by atoms with E-state index < -0.39 is 0 Å². The van der Waals surface area contributed by atoms with E-state index in [1.807, 2.05) is 4.90 Å². The van der Waals surface area contributed by atoms with E-state index in [0.29, 0.717) is 12.3 Å². The molecule has 1 amide bonds. The Bertz CT molecular complexity index is 470. The minimum atomic E-state index is 0.237. The second-order valence-electron chi connectivity index (χ2n) is 5.75. The van der Waals surface area contributed by atoms with E-state index in [4.69, 9.17) is 0 Å². The van der Waals surface area contributed by atoms with E-state index in [1.165, 1.54) is 16.7 Å². The number of benzene rings is 1. The first kappa shape index (κ1) is 15.0. The van der Waals surface area contributed by atoms with Crippen LogP contribution in [-0.4, -0.2) is 30.4 Å². The van der Waals surface area contributed by atoms with Crippen LogP contribution in [0, 0.1) is 13.8 Å². The highest BCUT2D eigenvalue weighted by molar-refractivity contribution is 5.76. The van der Waals surface area contributed by atoms with Crippen LogP contribution in [-0.2, 0) is 4.79 Å². The zero-order chi connectivity index (χ0) is 14.5. The number of rotatable bonds is 5. The fourth-order valence-corrected chi connectivity index (χ4v) is 2.79. The number of carbonyl (C=O) groups is 1. The first-order valence-electron chi connectivity index (χ1n) is 7.70. The summed E-state index contributed by atoms with van der Waals surface area (Å²) in [5.41, 5.74) is 3.92. The molecule has 0 aromatic heterocycles. The Morgan fingerprint density at radius 2 is 2.05 bits per heavy atom. The minimum absolute atomic E-state index is 0.237. The molecule has 1 saturated heterocycles. The first-order valence-corrected chi connectivity index (χ1v) is 7.70. The van der Waals surface area contributed by atoms with Crippen LogP contribution < -0.4 is 5.32 Å². The fraction of sp³-hybridized carbons (Fsp3) is 0.588. The minimum Gasteiger partial charge on any atom is -0.341 e. The summed E-state index contributed by atoms with van der Waals surface area (Å²) in [6.45, 7) is 9.01. The van der Waals surface area contributed by atoms with E-state index in [9.17, 15) is 4.79 Å². The normalized spacial score (nSPS) is 17.4. The zero-order valence-electron chi connectivity index (χ0n) is 12.9. The molecule has 1 aromatic carbocycles. The van der Waals surface area contributed by atoms with Crippen molar-refractivity contribution in [3.63, 3.8) is 0 Å². The lowest BCUT2D eigenvalue weighted by Gasteiger charge is -2.31. The maximum atomic E-state index is 12.0. The van der Waals surface area contributed by atoms with Gasteiger partial charge in [-0.2, -0.15) is 0 Å². The average molecular weight is 274 g/mol. The Morgan fingerprint density at radius 3 is 2.70 bits per heavy atom. The summed E-state index contributed by atoms with van der Waals surface area (Å²) < 4.78 is 0. The lowest BCUT2D eigenvalue weighted by atomic mass is 9.99. The molecule has 1 N–H and O–H groups in total. The lowest BCUT2D eigenvalue weighted by Crippen LogP contribution is -2.41.